The fourth-order valence-electron chi connectivity index (χ4n) is 6.37. The maximum Gasteiger partial charge on any atom is 0.238 e. The molecule has 0 radical (unpaired) electrons. The van der Waals surface area contributed by atoms with Gasteiger partial charge in [0.25, 0.3) is 0 Å². The number of amides is 2. The van der Waals surface area contributed by atoms with Gasteiger partial charge in [0.1, 0.15) is 0 Å². The average molecular weight is 393 g/mol. The molecule has 3 aromatic carbocycles. The third kappa shape index (κ3) is 1.86. The van der Waals surface area contributed by atoms with Crippen molar-refractivity contribution in [2.24, 2.45) is 11.8 Å². The highest BCUT2D eigenvalue weighted by Crippen LogP contribution is 2.64. The van der Waals surface area contributed by atoms with Crippen LogP contribution in [0.25, 0.3) is 0 Å². The molecular weight excluding hydrogens is 370 g/mol. The van der Waals surface area contributed by atoms with Crippen molar-refractivity contribution in [3.8, 4) is 0 Å². The molecule has 148 valence electrons. The van der Waals surface area contributed by atoms with E-state index in [-0.39, 0.29) is 29.6 Å². The zero-order chi connectivity index (χ0) is 20.8. The molecule has 1 fully saturated rings. The number of hydrogen-bond donors (Lipinski definition) is 0. The van der Waals surface area contributed by atoms with Crippen LogP contribution in [-0.4, -0.2) is 11.8 Å². The van der Waals surface area contributed by atoms with Gasteiger partial charge in [0.05, 0.1) is 17.5 Å². The molecule has 0 N–H and O–H groups in total. The second-order valence-corrected chi connectivity index (χ2v) is 9.09. The highest BCUT2D eigenvalue weighted by molar-refractivity contribution is 6.24. The van der Waals surface area contributed by atoms with Gasteiger partial charge in [0.15, 0.2) is 0 Å². The Morgan fingerprint density at radius 3 is 2.00 bits per heavy atom. The van der Waals surface area contributed by atoms with Crippen LogP contribution >= 0.6 is 0 Å². The predicted molar refractivity (Wildman–Crippen MR) is 117 cm³/mol. The number of carbonyl (C=O) groups excluding carboxylic acids is 2. The largest absolute Gasteiger partial charge is 0.274 e. The molecule has 0 saturated carbocycles. The Balaban J connectivity index is 1.63. The van der Waals surface area contributed by atoms with E-state index in [4.69, 9.17) is 0 Å². The molecule has 1 aliphatic heterocycles. The Morgan fingerprint density at radius 1 is 0.767 bits per heavy atom. The molecule has 3 aromatic rings. The van der Waals surface area contributed by atoms with Crippen molar-refractivity contribution in [3.63, 3.8) is 0 Å². The molecule has 3 nitrogen and oxygen atoms in total. The number of imide groups is 1. The van der Waals surface area contributed by atoms with Crippen molar-refractivity contribution in [1.29, 1.82) is 0 Å². The van der Waals surface area contributed by atoms with Gasteiger partial charge in [-0.2, -0.15) is 0 Å². The number of aryl methyl sites for hydroxylation is 1. The normalized spacial score (nSPS) is 28.4. The van der Waals surface area contributed by atoms with Crippen molar-refractivity contribution in [2.45, 2.75) is 32.1 Å². The molecule has 30 heavy (non-hydrogen) atoms. The minimum Gasteiger partial charge on any atom is -0.274 e. The van der Waals surface area contributed by atoms with Crippen LogP contribution in [0, 0.1) is 25.7 Å². The summed E-state index contributed by atoms with van der Waals surface area (Å²) < 4.78 is 0. The third-order valence-electron chi connectivity index (χ3n) is 7.86. The molecule has 2 bridgehead atoms. The molecule has 3 aliphatic carbocycles. The van der Waals surface area contributed by atoms with Gasteiger partial charge >= 0.3 is 0 Å². The molecule has 1 saturated heterocycles. The van der Waals surface area contributed by atoms with Crippen LogP contribution in [0.15, 0.2) is 66.7 Å². The maximum absolute atomic E-state index is 13.9. The molecule has 0 aromatic heterocycles. The number of benzene rings is 3. The van der Waals surface area contributed by atoms with Crippen molar-refractivity contribution in [3.05, 3.63) is 100 Å². The van der Waals surface area contributed by atoms with Gasteiger partial charge in [-0.15, -0.1) is 0 Å². The second kappa shape index (κ2) is 5.69. The van der Waals surface area contributed by atoms with Crippen LogP contribution in [0.4, 0.5) is 5.69 Å². The van der Waals surface area contributed by atoms with E-state index < -0.39 is 5.41 Å². The Kier molecular flexibility index (Phi) is 3.35. The first-order valence-electron chi connectivity index (χ1n) is 10.6. The van der Waals surface area contributed by atoms with Crippen LogP contribution < -0.4 is 4.90 Å². The third-order valence-corrected chi connectivity index (χ3v) is 7.86. The van der Waals surface area contributed by atoms with E-state index in [0.717, 1.165) is 16.8 Å². The summed E-state index contributed by atoms with van der Waals surface area (Å²) in [5.41, 5.74) is 7.08. The smallest absolute Gasteiger partial charge is 0.238 e. The van der Waals surface area contributed by atoms with Gasteiger partial charge in [0, 0.05) is 11.3 Å². The van der Waals surface area contributed by atoms with Gasteiger partial charge in [-0.25, -0.2) is 4.90 Å². The van der Waals surface area contributed by atoms with Crippen molar-refractivity contribution >= 4 is 17.5 Å². The first-order chi connectivity index (χ1) is 14.5. The van der Waals surface area contributed by atoms with Crippen LogP contribution in [0.5, 0.6) is 0 Å². The summed E-state index contributed by atoms with van der Waals surface area (Å²) in [6, 6.07) is 22.6. The van der Waals surface area contributed by atoms with Gasteiger partial charge in [-0.05, 0) is 53.3 Å². The molecule has 4 aliphatic rings. The highest BCUT2D eigenvalue weighted by Gasteiger charge is 2.66. The number of anilines is 1. The Labute approximate surface area is 176 Å². The van der Waals surface area contributed by atoms with Crippen molar-refractivity contribution in [2.75, 3.05) is 4.90 Å². The first kappa shape index (κ1) is 17.6. The van der Waals surface area contributed by atoms with E-state index in [1.807, 2.05) is 56.3 Å². The summed E-state index contributed by atoms with van der Waals surface area (Å²) in [5.74, 6) is -0.920. The van der Waals surface area contributed by atoms with Crippen LogP contribution in [0.3, 0.4) is 0 Å². The number of carbonyl (C=O) groups is 2. The number of hydrogen-bond acceptors (Lipinski definition) is 2. The lowest BCUT2D eigenvalue weighted by molar-refractivity contribution is -0.123. The van der Waals surface area contributed by atoms with E-state index in [0.29, 0.717) is 0 Å². The SMILES string of the molecule is Cc1cccc(N2C(=O)[C@@H]3[C@@H](C2=O)C2c4ccccc4C3(C)c3ccccc32)c1C. The van der Waals surface area contributed by atoms with E-state index >= 15 is 0 Å². The lowest BCUT2D eigenvalue weighted by Gasteiger charge is -2.52. The summed E-state index contributed by atoms with van der Waals surface area (Å²) in [6.07, 6.45) is 0. The van der Waals surface area contributed by atoms with Gasteiger partial charge in [-0.1, -0.05) is 67.6 Å². The molecule has 1 heterocycles. The summed E-state index contributed by atoms with van der Waals surface area (Å²) in [4.78, 5) is 29.3. The molecular formula is C27H23NO2. The average Bonchev–Trinajstić information content (AvgIpc) is 3.02. The molecule has 3 heteroatoms. The van der Waals surface area contributed by atoms with E-state index in [9.17, 15) is 9.59 Å². The van der Waals surface area contributed by atoms with Crippen molar-refractivity contribution < 1.29 is 9.59 Å². The van der Waals surface area contributed by atoms with E-state index in [2.05, 4.69) is 31.2 Å². The standard InChI is InChI=1S/C27H23NO2/c1-15-9-8-14-21(16(15)2)28-25(29)23-22-17-10-4-6-12-19(17)27(3,24(23)26(28)30)20-13-7-5-11-18(20)22/h4-14,22-24H,1-3H3/t22?,23-,24-,27?/m0/s1. The monoisotopic (exact) mass is 393 g/mol. The number of nitrogens with zero attached hydrogens (tertiary/aromatic N) is 1. The maximum atomic E-state index is 13.9. The fourth-order valence-corrected chi connectivity index (χ4v) is 6.37. The minimum atomic E-state index is -0.508. The second-order valence-electron chi connectivity index (χ2n) is 9.09. The molecule has 0 spiro atoms. The van der Waals surface area contributed by atoms with E-state index in [1.54, 1.807) is 0 Å². The zero-order valence-corrected chi connectivity index (χ0v) is 17.3. The molecule has 2 atom stereocenters. The Bertz CT molecular complexity index is 1210. The zero-order valence-electron chi connectivity index (χ0n) is 17.3. The van der Waals surface area contributed by atoms with Gasteiger partial charge in [-0.3, -0.25) is 9.59 Å². The van der Waals surface area contributed by atoms with Crippen molar-refractivity contribution in [1.82, 2.24) is 0 Å². The van der Waals surface area contributed by atoms with Gasteiger partial charge < -0.3 is 0 Å². The fraction of sp³-hybridized carbons (Fsp3) is 0.259. The van der Waals surface area contributed by atoms with Crippen LogP contribution in [0.2, 0.25) is 0 Å². The summed E-state index contributed by atoms with van der Waals surface area (Å²) >= 11 is 0. The Hall–Kier alpha value is -3.20. The van der Waals surface area contributed by atoms with Gasteiger partial charge in [0.2, 0.25) is 11.8 Å². The van der Waals surface area contributed by atoms with E-state index in [1.165, 1.54) is 27.2 Å². The quantitative estimate of drug-likeness (QED) is 0.553. The van der Waals surface area contributed by atoms with Crippen LogP contribution in [-0.2, 0) is 15.0 Å². The molecule has 7 rings (SSSR count). The number of rotatable bonds is 1. The summed E-state index contributed by atoms with van der Waals surface area (Å²) in [6.45, 7) is 6.18. The topological polar surface area (TPSA) is 37.4 Å². The molecule has 0 unspecified atom stereocenters. The lowest BCUT2D eigenvalue weighted by Crippen LogP contribution is -2.51. The highest BCUT2D eigenvalue weighted by atomic mass is 16.2. The Morgan fingerprint density at radius 2 is 1.37 bits per heavy atom. The minimum absolute atomic E-state index is 0.0565. The summed E-state index contributed by atoms with van der Waals surface area (Å²) in [5, 5.41) is 0. The first-order valence-corrected chi connectivity index (χ1v) is 10.6. The lowest BCUT2D eigenvalue weighted by atomic mass is 9.48. The molecule has 2 amide bonds. The predicted octanol–water partition coefficient (Wildman–Crippen LogP) is 4.87. The van der Waals surface area contributed by atoms with Crippen LogP contribution in [0.1, 0.15) is 46.2 Å². The summed E-state index contributed by atoms with van der Waals surface area (Å²) in [7, 11) is 0.